The zero-order valence-electron chi connectivity index (χ0n) is 36.6. The van der Waals surface area contributed by atoms with E-state index in [0.717, 1.165) is 52.5 Å². The molecule has 0 radical (unpaired) electrons. The minimum atomic E-state index is -1.28. The first kappa shape index (κ1) is 46.1. The van der Waals surface area contributed by atoms with Gasteiger partial charge in [0.1, 0.15) is 40.8 Å². The monoisotopic (exact) mass is 934 g/mol. The molecule has 0 saturated carbocycles. The van der Waals surface area contributed by atoms with Gasteiger partial charge in [-0.15, -0.1) is 11.3 Å². The summed E-state index contributed by atoms with van der Waals surface area (Å²) in [5.74, 6) is 0.409. The fraction of sp³-hybridized carbons (Fsp3) is 0.286. The Bertz CT molecular complexity index is 2810. The molecule has 2 N–H and O–H groups in total. The molecule has 66 heavy (non-hydrogen) atoms. The van der Waals surface area contributed by atoms with Crippen molar-refractivity contribution >= 4 is 44.8 Å². The molecular formula is C49H48ClFN6O8S. The van der Waals surface area contributed by atoms with Gasteiger partial charge >= 0.3 is 5.97 Å². The molecule has 0 spiro atoms. The van der Waals surface area contributed by atoms with E-state index in [1.165, 1.54) is 49.0 Å². The number of fused-ring (bicyclic) bond motifs is 1. The number of morpholine rings is 1. The summed E-state index contributed by atoms with van der Waals surface area (Å²) in [6, 6.07) is 23.8. The van der Waals surface area contributed by atoms with E-state index in [1.807, 2.05) is 43.3 Å². The number of phenolic OH excluding ortho intramolecular Hbond substituents is 1. The number of esters is 1. The maximum Gasteiger partial charge on any atom is 0.347 e. The van der Waals surface area contributed by atoms with E-state index >= 15 is 0 Å². The smallest absolute Gasteiger partial charge is 0.347 e. The molecule has 4 aromatic carbocycles. The number of para-hydroxylation sites is 1. The van der Waals surface area contributed by atoms with E-state index in [-0.39, 0.29) is 37.1 Å². The highest BCUT2D eigenvalue weighted by atomic mass is 35.5. The molecule has 4 heterocycles. The number of anilines is 1. The highest BCUT2D eigenvalue weighted by Gasteiger charge is 2.30. The maximum atomic E-state index is 14.3. The van der Waals surface area contributed by atoms with E-state index in [0.29, 0.717) is 75.7 Å². The fourth-order valence-electron chi connectivity index (χ4n) is 7.90. The number of halogens is 2. The van der Waals surface area contributed by atoms with E-state index in [1.54, 1.807) is 37.6 Å². The van der Waals surface area contributed by atoms with Gasteiger partial charge in [0.15, 0.2) is 5.82 Å². The Labute approximate surface area is 390 Å². The van der Waals surface area contributed by atoms with E-state index in [2.05, 4.69) is 24.8 Å². The van der Waals surface area contributed by atoms with Crippen molar-refractivity contribution in [3.05, 3.63) is 125 Å². The van der Waals surface area contributed by atoms with Crippen molar-refractivity contribution < 1.29 is 43.1 Å². The van der Waals surface area contributed by atoms with Crippen LogP contribution in [0.1, 0.15) is 16.8 Å². The van der Waals surface area contributed by atoms with Gasteiger partial charge in [0, 0.05) is 61.3 Å². The molecular weight excluding hydrogens is 887 g/mol. The van der Waals surface area contributed by atoms with Crippen LogP contribution in [0.2, 0.25) is 5.02 Å². The van der Waals surface area contributed by atoms with Gasteiger partial charge < -0.3 is 38.8 Å². The summed E-state index contributed by atoms with van der Waals surface area (Å²) in [6.07, 6.45) is 1.63. The van der Waals surface area contributed by atoms with Gasteiger partial charge in [-0.1, -0.05) is 41.9 Å². The minimum absolute atomic E-state index is 0.0372. The second kappa shape index (κ2) is 21.3. The molecule has 1 atom stereocenters. The minimum Gasteiger partial charge on any atom is -0.508 e. The highest BCUT2D eigenvalue weighted by Crippen LogP contribution is 2.49. The average Bonchev–Trinajstić information content (AvgIpc) is 3.74. The van der Waals surface area contributed by atoms with Crippen LogP contribution in [0.25, 0.3) is 43.2 Å². The number of phenols is 1. The Morgan fingerprint density at radius 2 is 1.77 bits per heavy atom. The van der Waals surface area contributed by atoms with Crippen molar-refractivity contribution in [2.24, 2.45) is 0 Å². The molecule has 17 heteroatoms. The number of hydrogen-bond acceptors (Lipinski definition) is 15. The van der Waals surface area contributed by atoms with Gasteiger partial charge in [-0.05, 0) is 78.2 Å². The molecule has 1 saturated heterocycles. The molecule has 1 aliphatic heterocycles. The van der Waals surface area contributed by atoms with Gasteiger partial charge in [-0.3, -0.25) is 4.90 Å². The van der Waals surface area contributed by atoms with Gasteiger partial charge in [-0.25, -0.2) is 29.1 Å². The van der Waals surface area contributed by atoms with Crippen molar-refractivity contribution in [3.8, 4) is 56.1 Å². The van der Waals surface area contributed by atoms with Crippen molar-refractivity contribution in [2.45, 2.75) is 26.1 Å². The van der Waals surface area contributed by atoms with Crippen LogP contribution >= 0.6 is 22.9 Å². The number of thiophene rings is 1. The molecule has 14 nitrogen and oxygen atoms in total. The average molecular weight is 935 g/mol. The number of carbonyl (C=O) groups excluding carboxylic acids is 1. The highest BCUT2D eigenvalue weighted by molar-refractivity contribution is 7.22. The summed E-state index contributed by atoms with van der Waals surface area (Å²) in [4.78, 5) is 37.7. The zero-order chi connectivity index (χ0) is 46.2. The van der Waals surface area contributed by atoms with Gasteiger partial charge in [0.05, 0.1) is 61.4 Å². The van der Waals surface area contributed by atoms with Crippen LogP contribution in [0.15, 0.2) is 97.5 Å². The summed E-state index contributed by atoms with van der Waals surface area (Å²) in [6.45, 7) is 6.71. The number of hydrogen-bond donors (Lipinski definition) is 2. The Hall–Kier alpha value is -6.43. The quantitative estimate of drug-likeness (QED) is 0.0793. The summed E-state index contributed by atoms with van der Waals surface area (Å²) >= 11 is 8.64. The number of ether oxygens (including phenoxy) is 5. The third-order valence-electron chi connectivity index (χ3n) is 11.3. The lowest BCUT2D eigenvalue weighted by Gasteiger charge is -2.31. The molecule has 1 aliphatic rings. The first-order chi connectivity index (χ1) is 32.1. The van der Waals surface area contributed by atoms with Crippen molar-refractivity contribution in [1.29, 1.82) is 0 Å². The van der Waals surface area contributed by atoms with E-state index < -0.39 is 12.1 Å². The van der Waals surface area contributed by atoms with E-state index in [4.69, 9.17) is 40.3 Å². The lowest BCUT2D eigenvalue weighted by atomic mass is 9.95. The van der Waals surface area contributed by atoms with Gasteiger partial charge in [-0.2, -0.15) is 0 Å². The van der Waals surface area contributed by atoms with Crippen LogP contribution in [-0.2, 0) is 27.3 Å². The number of nitrogens with zero attached hydrogens (tertiary/aromatic N) is 6. The summed E-state index contributed by atoms with van der Waals surface area (Å²) in [7, 11) is 2.85. The van der Waals surface area contributed by atoms with Crippen molar-refractivity contribution in [1.82, 2.24) is 24.8 Å². The number of carbonyl (C=O) groups is 1. The molecule has 0 amide bonds. The van der Waals surface area contributed by atoms with Crippen molar-refractivity contribution in [2.75, 3.05) is 71.7 Å². The van der Waals surface area contributed by atoms with Crippen LogP contribution < -0.4 is 19.1 Å². The number of aliphatic hydroxyl groups is 1. The molecule has 0 bridgehead atoms. The SMILES string of the molecule is COC(=O)C(Cc1cc(O)ccc1OCc1ccnc(-c2ccccc2OC)n1)Oc1ncnc2sc(-c3ccc(F)cc3)c(-c3ccc(N(CCO)CCN4CCOCC4)c(Cl)c3C)c12. The van der Waals surface area contributed by atoms with Crippen LogP contribution in [0.5, 0.6) is 23.1 Å². The second-order valence-electron chi connectivity index (χ2n) is 15.4. The van der Waals surface area contributed by atoms with Crippen LogP contribution in [0, 0.1) is 12.7 Å². The van der Waals surface area contributed by atoms with Crippen LogP contribution in [-0.4, -0.2) is 114 Å². The number of methoxy groups -OCH3 is 2. The summed E-state index contributed by atoms with van der Waals surface area (Å²) in [5.41, 5.74) is 5.39. The van der Waals surface area contributed by atoms with Gasteiger partial charge in [0.2, 0.25) is 12.0 Å². The number of benzene rings is 4. The molecule has 0 aliphatic carbocycles. The predicted molar refractivity (Wildman–Crippen MR) is 251 cm³/mol. The Morgan fingerprint density at radius 3 is 2.55 bits per heavy atom. The molecule has 1 unspecified atom stereocenters. The van der Waals surface area contributed by atoms with E-state index in [9.17, 15) is 19.4 Å². The largest absolute Gasteiger partial charge is 0.508 e. The Balaban J connectivity index is 1.14. The first-order valence-corrected chi connectivity index (χ1v) is 22.5. The third kappa shape index (κ3) is 10.3. The third-order valence-corrected chi connectivity index (χ3v) is 12.9. The summed E-state index contributed by atoms with van der Waals surface area (Å²) in [5, 5.41) is 21.7. The standard InChI is InChI=1S/C49H48ClFN6O8S/c1-30-36(13-14-38(44(30)50)57(20-23-58)19-18-56-21-24-63-25-22-56)42-43-47(53-29-54-48(43)66-45(42)31-8-10-33(51)11-9-31)65-41(49(60)62-3)27-32-26-35(59)12-15-39(32)64-28-34-16-17-52-46(55-34)37-6-4-5-7-40(37)61-2/h4-17,26,29,41,58-59H,18-25,27-28H2,1-3H3. The maximum absolute atomic E-state index is 14.3. The lowest BCUT2D eigenvalue weighted by Crippen LogP contribution is -2.42. The number of aliphatic hydroxyl groups excluding tert-OH is 1. The molecule has 8 rings (SSSR count). The van der Waals surface area contributed by atoms with Crippen molar-refractivity contribution in [3.63, 3.8) is 0 Å². The zero-order valence-corrected chi connectivity index (χ0v) is 38.1. The lowest BCUT2D eigenvalue weighted by molar-refractivity contribution is -0.148. The second-order valence-corrected chi connectivity index (χ2v) is 16.8. The molecule has 7 aromatic rings. The van der Waals surface area contributed by atoms with Gasteiger partial charge in [0.25, 0.3) is 0 Å². The Kier molecular flexibility index (Phi) is 14.8. The molecule has 3 aromatic heterocycles. The first-order valence-electron chi connectivity index (χ1n) is 21.3. The number of aromatic hydroxyl groups is 1. The molecule has 1 fully saturated rings. The topological polar surface area (TPSA) is 162 Å². The Morgan fingerprint density at radius 1 is 0.970 bits per heavy atom. The number of rotatable bonds is 18. The number of aromatic nitrogens is 4. The molecule has 342 valence electrons. The van der Waals surface area contributed by atoms with Crippen LogP contribution in [0.3, 0.4) is 0 Å². The summed E-state index contributed by atoms with van der Waals surface area (Å²) < 4.78 is 43.5. The van der Waals surface area contributed by atoms with Crippen LogP contribution in [0.4, 0.5) is 10.1 Å². The normalized spacial score (nSPS) is 13.4. The predicted octanol–water partition coefficient (Wildman–Crippen LogP) is 8.17. The fourth-order valence-corrected chi connectivity index (χ4v) is 9.33.